The standard InChI is InChI=1S/C33H36F5N3O4S/c34-32(35,24-9-7-23(8-10-24)31(15-16-31)33(36,37)38)29(30(42)41-17-13-25(39)14-18-41)40-46(43,44)28-12-6-21-19-27(11-5-22(21)20-28)45-26-3-1-2-4-26/h5-12,19-20,25-26,29,40H,1-4,13-18,39H2. The lowest BCUT2D eigenvalue weighted by Crippen LogP contribution is -2.58. The van der Waals surface area contributed by atoms with Gasteiger partial charge < -0.3 is 15.4 Å². The molecule has 0 bridgehead atoms. The number of nitrogens with one attached hydrogen (secondary N) is 1. The molecule has 248 valence electrons. The molecule has 3 N–H and O–H groups in total. The summed E-state index contributed by atoms with van der Waals surface area (Å²) < 4.78 is 109. The van der Waals surface area contributed by atoms with Crippen LogP contribution in [0.25, 0.3) is 10.8 Å². The van der Waals surface area contributed by atoms with Crippen molar-refractivity contribution in [2.75, 3.05) is 13.1 Å². The Labute approximate surface area is 264 Å². The van der Waals surface area contributed by atoms with E-state index in [1.165, 1.54) is 12.1 Å². The number of hydrogen-bond donors (Lipinski definition) is 2. The van der Waals surface area contributed by atoms with Gasteiger partial charge in [-0.1, -0.05) is 36.4 Å². The van der Waals surface area contributed by atoms with Crippen LogP contribution in [0.4, 0.5) is 22.0 Å². The third-order valence-electron chi connectivity index (χ3n) is 9.55. The molecule has 2 aliphatic carbocycles. The number of nitrogens with two attached hydrogens (primary N) is 1. The van der Waals surface area contributed by atoms with Crippen LogP contribution in [0.2, 0.25) is 0 Å². The molecule has 0 radical (unpaired) electrons. The fraction of sp³-hybridized carbons (Fsp3) is 0.485. The lowest BCUT2D eigenvalue weighted by Gasteiger charge is -2.35. The Morgan fingerprint density at radius 1 is 0.891 bits per heavy atom. The van der Waals surface area contributed by atoms with E-state index in [-0.39, 0.29) is 48.5 Å². The Morgan fingerprint density at radius 2 is 1.50 bits per heavy atom. The van der Waals surface area contributed by atoms with E-state index in [2.05, 4.69) is 0 Å². The molecule has 1 heterocycles. The van der Waals surface area contributed by atoms with Gasteiger partial charge in [-0.3, -0.25) is 4.79 Å². The van der Waals surface area contributed by atoms with Gasteiger partial charge in [-0.05, 0) is 92.0 Å². The maximum absolute atomic E-state index is 16.3. The largest absolute Gasteiger partial charge is 0.490 e. The second kappa shape index (κ2) is 12.1. The van der Waals surface area contributed by atoms with Crippen molar-refractivity contribution in [3.63, 3.8) is 0 Å². The number of benzene rings is 3. The Morgan fingerprint density at radius 3 is 2.11 bits per heavy atom. The van der Waals surface area contributed by atoms with E-state index in [1.54, 1.807) is 24.3 Å². The summed E-state index contributed by atoms with van der Waals surface area (Å²) in [5.41, 5.74) is 2.91. The second-order valence-corrected chi connectivity index (χ2v) is 14.4. The van der Waals surface area contributed by atoms with E-state index in [9.17, 15) is 26.4 Å². The van der Waals surface area contributed by atoms with Crippen molar-refractivity contribution in [2.45, 2.75) is 92.0 Å². The molecule has 3 aromatic rings. The summed E-state index contributed by atoms with van der Waals surface area (Å²) in [4.78, 5) is 14.4. The van der Waals surface area contributed by atoms with Crippen LogP contribution >= 0.6 is 0 Å². The fourth-order valence-electron chi connectivity index (χ4n) is 6.49. The highest BCUT2D eigenvalue weighted by atomic mass is 32.2. The molecule has 46 heavy (non-hydrogen) atoms. The average molecular weight is 666 g/mol. The summed E-state index contributed by atoms with van der Waals surface area (Å²) in [6, 6.07) is 10.2. The number of sulfonamides is 1. The topological polar surface area (TPSA) is 102 Å². The predicted molar refractivity (Wildman–Crippen MR) is 162 cm³/mol. The summed E-state index contributed by atoms with van der Waals surface area (Å²) in [5.74, 6) is -4.61. The Hall–Kier alpha value is -3.29. The smallest absolute Gasteiger partial charge is 0.398 e. The maximum Gasteiger partial charge on any atom is 0.398 e. The van der Waals surface area contributed by atoms with Gasteiger partial charge in [-0.25, -0.2) is 8.42 Å². The van der Waals surface area contributed by atoms with Gasteiger partial charge in [0.1, 0.15) is 5.75 Å². The minimum atomic E-state index is -4.69. The zero-order valence-corrected chi connectivity index (χ0v) is 25.8. The molecule has 1 saturated heterocycles. The Bertz CT molecular complexity index is 1700. The Kier molecular flexibility index (Phi) is 8.56. The van der Waals surface area contributed by atoms with E-state index in [0.717, 1.165) is 54.8 Å². The number of rotatable bonds is 9. The lowest BCUT2D eigenvalue weighted by molar-refractivity contribution is -0.160. The third-order valence-corrected chi connectivity index (χ3v) is 11.0. The number of nitrogens with zero attached hydrogens (tertiary/aromatic N) is 1. The van der Waals surface area contributed by atoms with Gasteiger partial charge in [0.25, 0.3) is 5.92 Å². The molecular weight excluding hydrogens is 629 g/mol. The minimum absolute atomic E-state index is 0.0581. The van der Waals surface area contributed by atoms with E-state index in [0.29, 0.717) is 29.4 Å². The van der Waals surface area contributed by atoms with Crippen LogP contribution in [-0.2, 0) is 26.2 Å². The summed E-state index contributed by atoms with van der Waals surface area (Å²) in [6.45, 7) is 0.116. The monoisotopic (exact) mass is 665 g/mol. The van der Waals surface area contributed by atoms with Crippen molar-refractivity contribution in [3.8, 4) is 5.75 Å². The minimum Gasteiger partial charge on any atom is -0.490 e. The van der Waals surface area contributed by atoms with Gasteiger partial charge in [-0.2, -0.15) is 26.7 Å². The molecule has 6 rings (SSSR count). The van der Waals surface area contributed by atoms with Crippen LogP contribution in [0.5, 0.6) is 5.75 Å². The summed E-state index contributed by atoms with van der Waals surface area (Å²) >= 11 is 0. The number of carbonyl (C=O) groups excluding carboxylic acids is 1. The number of carbonyl (C=O) groups is 1. The molecule has 1 aliphatic heterocycles. The van der Waals surface area contributed by atoms with Crippen LogP contribution in [0.3, 0.4) is 0 Å². The van der Waals surface area contributed by atoms with Gasteiger partial charge in [0.05, 0.1) is 16.4 Å². The first-order valence-electron chi connectivity index (χ1n) is 15.5. The van der Waals surface area contributed by atoms with Crippen LogP contribution in [0, 0.1) is 0 Å². The van der Waals surface area contributed by atoms with Crippen molar-refractivity contribution in [1.29, 1.82) is 0 Å². The molecule has 3 fully saturated rings. The number of hydrogen-bond acceptors (Lipinski definition) is 5. The first-order valence-corrected chi connectivity index (χ1v) is 17.0. The lowest BCUT2D eigenvalue weighted by atomic mass is 9.92. The average Bonchev–Trinajstić information content (AvgIpc) is 3.70. The zero-order chi connectivity index (χ0) is 32.9. The molecule has 1 amide bonds. The van der Waals surface area contributed by atoms with Crippen LogP contribution in [-0.4, -0.2) is 56.7 Å². The molecule has 1 unspecified atom stereocenters. The molecule has 3 aromatic carbocycles. The number of likely N-dealkylation sites (tertiary alicyclic amines) is 1. The molecule has 1 atom stereocenters. The molecule has 7 nitrogen and oxygen atoms in total. The number of fused-ring (bicyclic) bond motifs is 1. The quantitative estimate of drug-likeness (QED) is 0.268. The first kappa shape index (κ1) is 32.6. The van der Waals surface area contributed by atoms with E-state index < -0.39 is 45.0 Å². The highest BCUT2D eigenvalue weighted by Gasteiger charge is 2.64. The second-order valence-electron chi connectivity index (χ2n) is 12.7. The van der Waals surface area contributed by atoms with Gasteiger partial charge in [-0.15, -0.1) is 0 Å². The van der Waals surface area contributed by atoms with Crippen molar-refractivity contribution < 1.29 is 39.9 Å². The number of ether oxygens (including phenoxy) is 1. The zero-order valence-electron chi connectivity index (χ0n) is 25.0. The van der Waals surface area contributed by atoms with E-state index in [4.69, 9.17) is 10.5 Å². The van der Waals surface area contributed by atoms with E-state index in [1.807, 2.05) is 4.72 Å². The molecule has 3 aliphatic rings. The van der Waals surface area contributed by atoms with E-state index >= 15 is 8.78 Å². The highest BCUT2D eigenvalue weighted by Crippen LogP contribution is 2.59. The maximum atomic E-state index is 16.3. The molecule has 13 heteroatoms. The number of amides is 1. The number of piperidine rings is 1. The first-order chi connectivity index (χ1) is 21.7. The predicted octanol–water partition coefficient (Wildman–Crippen LogP) is 6.14. The molecular formula is C33H36F5N3O4S. The van der Waals surface area contributed by atoms with Crippen LogP contribution < -0.4 is 15.2 Å². The van der Waals surface area contributed by atoms with Gasteiger partial charge in [0, 0.05) is 24.7 Å². The Balaban J connectivity index is 1.29. The van der Waals surface area contributed by atoms with Crippen molar-refractivity contribution in [1.82, 2.24) is 9.62 Å². The highest BCUT2D eigenvalue weighted by molar-refractivity contribution is 7.89. The van der Waals surface area contributed by atoms with Gasteiger partial charge in [0.2, 0.25) is 15.9 Å². The molecule has 0 spiro atoms. The third kappa shape index (κ3) is 6.33. The summed E-state index contributed by atoms with van der Waals surface area (Å²) in [6.07, 6.45) is 0.130. The number of alkyl halides is 5. The number of halogens is 5. The van der Waals surface area contributed by atoms with Crippen molar-refractivity contribution in [2.24, 2.45) is 5.73 Å². The summed E-state index contributed by atoms with van der Waals surface area (Å²) in [5, 5.41) is 1.21. The molecule has 0 aromatic heterocycles. The van der Waals surface area contributed by atoms with Gasteiger partial charge in [0.15, 0.2) is 6.04 Å². The van der Waals surface area contributed by atoms with Crippen molar-refractivity contribution in [3.05, 3.63) is 71.8 Å². The van der Waals surface area contributed by atoms with Crippen LogP contribution in [0.1, 0.15) is 62.5 Å². The summed E-state index contributed by atoms with van der Waals surface area (Å²) in [7, 11) is -4.69. The van der Waals surface area contributed by atoms with Gasteiger partial charge >= 0.3 is 6.18 Å². The van der Waals surface area contributed by atoms with Crippen molar-refractivity contribution >= 4 is 26.7 Å². The SMILES string of the molecule is NC1CCN(C(=O)C(NS(=O)(=O)c2ccc3cc(OC4CCCC4)ccc3c2)C(F)(F)c2ccc(C3(C(F)(F)F)CC3)cc2)CC1. The fourth-order valence-corrected chi connectivity index (χ4v) is 7.71. The van der Waals surface area contributed by atoms with Crippen LogP contribution in [0.15, 0.2) is 65.6 Å². The normalized spacial score (nSPS) is 20.2. The molecule has 2 saturated carbocycles.